The first-order valence-corrected chi connectivity index (χ1v) is 29.3. The number of carboxylic acids is 1. The minimum atomic E-state index is -0.858. The van der Waals surface area contributed by atoms with Crippen LogP contribution in [0.15, 0.2) is 115 Å². The maximum absolute atomic E-state index is 13.2. The number of fused-ring (bicyclic) bond motifs is 4. The predicted octanol–water partition coefficient (Wildman–Crippen LogP) is 13.3. The number of rotatable bonds is 10. The number of aryl methyl sites for hydroxylation is 4. The number of ether oxygens (including phenoxy) is 1. The number of nitrogens with zero attached hydrogens (tertiary/aromatic N) is 4. The Morgan fingerprint density at radius 1 is 0.547 bits per heavy atom. The summed E-state index contributed by atoms with van der Waals surface area (Å²) in [6.07, 6.45) is 12.0. The van der Waals surface area contributed by atoms with Gasteiger partial charge in [0.1, 0.15) is 0 Å². The van der Waals surface area contributed by atoms with Gasteiger partial charge in [0.05, 0.1) is 44.2 Å². The van der Waals surface area contributed by atoms with Crippen LogP contribution in [0.25, 0.3) is 0 Å². The Labute approximate surface area is 481 Å². The average molecular weight is 1310 g/mol. The second-order valence-electron chi connectivity index (χ2n) is 20.0. The summed E-state index contributed by atoms with van der Waals surface area (Å²) in [7, 11) is 1.38. The van der Waals surface area contributed by atoms with Crippen molar-refractivity contribution in [3.8, 4) is 0 Å². The lowest BCUT2D eigenvalue weighted by Gasteiger charge is -2.37. The number of hydrogen-bond donors (Lipinski definition) is 1. The highest BCUT2D eigenvalue weighted by Crippen LogP contribution is 2.48. The van der Waals surface area contributed by atoms with Gasteiger partial charge in [0.2, 0.25) is 11.8 Å². The number of aromatic nitrogens is 2. The molecule has 4 aliphatic rings. The summed E-state index contributed by atoms with van der Waals surface area (Å²) in [6.45, 7) is 2.88. The summed E-state index contributed by atoms with van der Waals surface area (Å²) < 4.78 is 8.79. The molecule has 10 nitrogen and oxygen atoms in total. The van der Waals surface area contributed by atoms with Crippen molar-refractivity contribution in [3.63, 3.8) is 0 Å². The van der Waals surface area contributed by atoms with E-state index in [9.17, 15) is 19.2 Å². The quantitative estimate of drug-likeness (QED) is 0.134. The molecule has 2 amide bonds. The van der Waals surface area contributed by atoms with Gasteiger partial charge >= 0.3 is 11.9 Å². The number of pyridine rings is 2. The molecule has 2 atom stereocenters. The summed E-state index contributed by atoms with van der Waals surface area (Å²) in [5.74, 6) is 0.159. The van der Waals surface area contributed by atoms with Gasteiger partial charge in [0.25, 0.3) is 0 Å². The molecule has 0 spiro atoms. The number of halogens is 6. The molecule has 2 aliphatic heterocycles. The van der Waals surface area contributed by atoms with Crippen LogP contribution < -0.4 is 0 Å². The summed E-state index contributed by atoms with van der Waals surface area (Å²) in [6, 6.07) is 27.5. The lowest BCUT2D eigenvalue weighted by Crippen LogP contribution is -2.40. The molecule has 4 aromatic carbocycles. The third-order valence-electron chi connectivity index (χ3n) is 15.3. The van der Waals surface area contributed by atoms with Crippen LogP contribution in [0.1, 0.15) is 105 Å². The molecule has 10 rings (SSSR count). The van der Waals surface area contributed by atoms with Crippen molar-refractivity contribution in [2.75, 3.05) is 33.3 Å². The van der Waals surface area contributed by atoms with Crippen molar-refractivity contribution in [1.82, 2.24) is 19.8 Å². The zero-order chi connectivity index (χ0) is 52.9. The number of hydrogen-bond acceptors (Lipinski definition) is 7. The first kappa shape index (κ1) is 55.3. The molecule has 2 saturated heterocycles. The number of methoxy groups -OCH3 is 1. The molecule has 0 unspecified atom stereocenters. The third-order valence-corrected chi connectivity index (χ3v) is 17.9. The molecule has 390 valence electrons. The number of esters is 1. The van der Waals surface area contributed by atoms with E-state index in [1.165, 1.54) is 40.5 Å². The largest absolute Gasteiger partial charge is 0.481 e. The molecule has 0 radical (unpaired) electrons. The summed E-state index contributed by atoms with van der Waals surface area (Å²) in [4.78, 5) is 62.4. The van der Waals surface area contributed by atoms with E-state index in [0.29, 0.717) is 37.8 Å². The third kappa shape index (κ3) is 13.5. The van der Waals surface area contributed by atoms with Gasteiger partial charge in [0, 0.05) is 78.3 Å². The molecular weight excluding hydrogens is 1250 g/mol. The van der Waals surface area contributed by atoms with Crippen molar-refractivity contribution in [3.05, 3.63) is 192 Å². The highest BCUT2D eigenvalue weighted by atomic mass is 79.9. The van der Waals surface area contributed by atoms with Crippen LogP contribution in [0.5, 0.6) is 0 Å². The van der Waals surface area contributed by atoms with Gasteiger partial charge in [-0.2, -0.15) is 0 Å². The van der Waals surface area contributed by atoms with E-state index in [4.69, 9.17) is 43.0 Å². The number of likely N-dealkylation sites (tertiary alicyclic amines) is 2. The average Bonchev–Trinajstić information content (AvgIpc) is 3.66. The van der Waals surface area contributed by atoms with Crippen LogP contribution in [-0.4, -0.2) is 81.9 Å². The minimum absolute atomic E-state index is 0.0106. The Kier molecular flexibility index (Phi) is 18.4. The Morgan fingerprint density at radius 3 is 1.28 bits per heavy atom. The van der Waals surface area contributed by atoms with E-state index < -0.39 is 5.97 Å². The van der Waals surface area contributed by atoms with Crippen molar-refractivity contribution in [2.45, 2.75) is 88.9 Å². The van der Waals surface area contributed by atoms with Gasteiger partial charge in [-0.25, -0.2) is 0 Å². The Morgan fingerprint density at radius 2 is 0.907 bits per heavy atom. The van der Waals surface area contributed by atoms with Gasteiger partial charge in [-0.15, -0.1) is 0 Å². The monoisotopic (exact) mass is 1300 g/mol. The predicted molar refractivity (Wildman–Crippen MR) is 307 cm³/mol. The van der Waals surface area contributed by atoms with Gasteiger partial charge in [0.15, 0.2) is 0 Å². The van der Waals surface area contributed by atoms with Crippen molar-refractivity contribution < 1.29 is 29.0 Å². The van der Waals surface area contributed by atoms with Crippen LogP contribution >= 0.6 is 86.9 Å². The molecule has 6 aromatic rings. The van der Waals surface area contributed by atoms with E-state index in [-0.39, 0.29) is 42.5 Å². The van der Waals surface area contributed by atoms with Gasteiger partial charge in [-0.05, 0) is 187 Å². The standard InChI is InChI=1S/C30H29Br2ClN2O3.C29H27Br2ClN2O3/c1-38-27(37)13-19-4-2-18(3-5-19)12-26(36)35-10-8-20(9-11-35)29-28-21(15-24(33)16-25(28)32)6-7-22-14-23(31)17-34-30(22)29;30-22-13-21-6-5-20-14-23(32)15-24(31)27(20)28(29(21)33-16-22)19-7-9-34(10-8-19)25(35)11-17-1-3-18(4-2-17)12-26(36)37/h2-5,14-17,20,29H,6-13H2,1H3;1-4,13-16,19,28H,5-12H2,(H,36,37)/t29-;28-/m11/s1. The van der Waals surface area contributed by atoms with E-state index in [1.54, 1.807) is 12.1 Å². The zero-order valence-electron chi connectivity index (χ0n) is 41.4. The fourth-order valence-corrected chi connectivity index (χ4v) is 14.6. The highest BCUT2D eigenvalue weighted by molar-refractivity contribution is 9.11. The van der Waals surface area contributed by atoms with Crippen molar-refractivity contribution in [2.24, 2.45) is 11.8 Å². The number of aliphatic carboxylic acids is 1. The van der Waals surface area contributed by atoms with Crippen LogP contribution in [0.2, 0.25) is 10.0 Å². The molecular formula is C59H56Br4Cl2N4O6. The second-order valence-corrected chi connectivity index (χ2v) is 24.4. The van der Waals surface area contributed by atoms with E-state index in [0.717, 1.165) is 126 Å². The molecule has 2 aliphatic carbocycles. The normalized spacial score (nSPS) is 17.5. The topological polar surface area (TPSA) is 130 Å². The summed E-state index contributed by atoms with van der Waals surface area (Å²) >= 11 is 27.7. The molecule has 1 N–H and O–H groups in total. The molecule has 75 heavy (non-hydrogen) atoms. The Balaban J connectivity index is 0.000000184. The van der Waals surface area contributed by atoms with Crippen LogP contribution in [-0.2, 0) is 75.3 Å². The number of carboxylic acid groups (broad SMARTS) is 1. The summed E-state index contributed by atoms with van der Waals surface area (Å²) in [5, 5.41) is 10.4. The molecule has 0 saturated carbocycles. The number of piperidine rings is 2. The second kappa shape index (κ2) is 24.9. The highest BCUT2D eigenvalue weighted by Gasteiger charge is 2.38. The zero-order valence-corrected chi connectivity index (χ0v) is 49.3. The van der Waals surface area contributed by atoms with E-state index in [2.05, 4.69) is 88.0 Å². The van der Waals surface area contributed by atoms with E-state index in [1.807, 2.05) is 70.7 Å². The van der Waals surface area contributed by atoms with Gasteiger partial charge in [-0.1, -0.05) is 104 Å². The fourth-order valence-electron chi connectivity index (χ4n) is 11.6. The first-order valence-electron chi connectivity index (χ1n) is 25.3. The molecule has 4 heterocycles. The summed E-state index contributed by atoms with van der Waals surface area (Å²) in [5.41, 5.74) is 13.4. The van der Waals surface area contributed by atoms with Crippen molar-refractivity contribution in [1.29, 1.82) is 0 Å². The van der Waals surface area contributed by atoms with Gasteiger partial charge < -0.3 is 19.6 Å². The Hall–Kier alpha value is -4.44. The lowest BCUT2D eigenvalue weighted by molar-refractivity contribution is -0.140. The van der Waals surface area contributed by atoms with Crippen LogP contribution in [0.3, 0.4) is 0 Å². The minimum Gasteiger partial charge on any atom is -0.481 e. The number of carbonyl (C=O) groups excluding carboxylic acids is 3. The number of amides is 2. The maximum atomic E-state index is 13.2. The smallest absolute Gasteiger partial charge is 0.309 e. The lowest BCUT2D eigenvalue weighted by atomic mass is 9.76. The van der Waals surface area contributed by atoms with Crippen LogP contribution in [0, 0.1) is 11.8 Å². The SMILES string of the molecule is COC(=O)Cc1ccc(CC(=O)N2CCC([C@H]3c4ncc(Br)cc4CCc4cc(Cl)cc(Br)c43)CC2)cc1.O=C(O)Cc1ccc(CC(=O)N2CCC([C@H]3c4ncc(Br)cc4CCc4cc(Cl)cc(Br)c43)CC2)cc1. The van der Waals surface area contributed by atoms with E-state index >= 15 is 0 Å². The van der Waals surface area contributed by atoms with Gasteiger partial charge in [-0.3, -0.25) is 29.1 Å². The van der Waals surface area contributed by atoms with Crippen LogP contribution in [0.4, 0.5) is 0 Å². The molecule has 0 bridgehead atoms. The maximum Gasteiger partial charge on any atom is 0.309 e. The Bertz CT molecular complexity index is 3110. The fraction of sp³-hybridized carbons (Fsp3) is 0.356. The number of benzene rings is 4. The molecule has 16 heteroatoms. The first-order chi connectivity index (χ1) is 36.1. The molecule has 2 aromatic heterocycles. The number of carbonyl (C=O) groups is 4. The van der Waals surface area contributed by atoms with Crippen molar-refractivity contribution >= 4 is 111 Å². The molecule has 2 fully saturated rings.